The van der Waals surface area contributed by atoms with E-state index >= 15 is 0 Å². The summed E-state index contributed by atoms with van der Waals surface area (Å²) in [6.07, 6.45) is -0.513. The fraction of sp³-hybridized carbons (Fsp3) is 0.818. The average molecular weight is 243 g/mol. The summed E-state index contributed by atoms with van der Waals surface area (Å²) in [5.74, 6) is -0.936. The smallest absolute Gasteiger partial charge is 0.240 e. The zero-order chi connectivity index (χ0) is 13.4. The molecule has 0 aliphatic carbocycles. The van der Waals surface area contributed by atoms with Crippen LogP contribution in [0.4, 0.5) is 0 Å². The van der Waals surface area contributed by atoms with Crippen LogP contribution in [0, 0.1) is 5.41 Å². The Morgan fingerprint density at radius 2 is 1.94 bits per heavy atom. The lowest BCUT2D eigenvalue weighted by atomic mass is 9.86. The Morgan fingerprint density at radius 3 is 2.35 bits per heavy atom. The van der Waals surface area contributed by atoms with E-state index in [0.717, 1.165) is 0 Å². The number of likely N-dealkylation sites (tertiary alicyclic amines) is 1. The van der Waals surface area contributed by atoms with Crippen molar-refractivity contribution in [2.45, 2.75) is 45.4 Å². The third-order valence-electron chi connectivity index (χ3n) is 3.09. The highest BCUT2D eigenvalue weighted by atomic mass is 16.3. The van der Waals surface area contributed by atoms with Crippen molar-refractivity contribution in [3.63, 3.8) is 0 Å². The number of aliphatic hydroxyl groups is 1. The SMILES string of the molecule is CC(C)(C)C(N)C(=O)N1CC(O)CC1C(N)=O. The average Bonchev–Trinajstić information content (AvgIpc) is 2.56. The highest BCUT2D eigenvalue weighted by molar-refractivity contribution is 5.90. The van der Waals surface area contributed by atoms with Crippen molar-refractivity contribution in [2.24, 2.45) is 16.9 Å². The molecule has 0 radical (unpaired) electrons. The number of β-amino-alcohol motifs (C(OH)–C–C–N with tert-alkyl or cyclic N) is 1. The molecule has 0 aromatic heterocycles. The van der Waals surface area contributed by atoms with Crippen LogP contribution in [0.5, 0.6) is 0 Å². The standard InChI is InChI=1S/C11H21N3O3/c1-11(2,3)8(12)10(17)14-5-6(15)4-7(14)9(13)16/h6-8,15H,4-5,12H2,1-3H3,(H2,13,16). The van der Waals surface area contributed by atoms with E-state index in [4.69, 9.17) is 11.5 Å². The van der Waals surface area contributed by atoms with Crippen molar-refractivity contribution >= 4 is 11.8 Å². The number of hydrogen-bond acceptors (Lipinski definition) is 4. The van der Waals surface area contributed by atoms with Crippen LogP contribution in [0.25, 0.3) is 0 Å². The Labute approximate surface area is 101 Å². The number of primary amides is 1. The van der Waals surface area contributed by atoms with Crippen molar-refractivity contribution in [1.29, 1.82) is 0 Å². The number of aliphatic hydroxyl groups excluding tert-OH is 1. The normalized spacial score (nSPS) is 27.0. The fourth-order valence-electron chi connectivity index (χ4n) is 1.88. The first-order valence-electron chi connectivity index (χ1n) is 5.68. The van der Waals surface area contributed by atoms with Gasteiger partial charge in [0.05, 0.1) is 12.1 Å². The summed E-state index contributed by atoms with van der Waals surface area (Å²) in [5, 5.41) is 9.51. The summed E-state index contributed by atoms with van der Waals surface area (Å²) in [6, 6.07) is -1.46. The fourth-order valence-corrected chi connectivity index (χ4v) is 1.88. The van der Waals surface area contributed by atoms with Gasteiger partial charge in [0.15, 0.2) is 0 Å². The van der Waals surface area contributed by atoms with Gasteiger partial charge in [-0.15, -0.1) is 0 Å². The van der Waals surface area contributed by atoms with Crippen LogP contribution in [-0.4, -0.2) is 46.6 Å². The zero-order valence-corrected chi connectivity index (χ0v) is 10.5. The summed E-state index contributed by atoms with van der Waals surface area (Å²) in [6.45, 7) is 5.67. The summed E-state index contributed by atoms with van der Waals surface area (Å²) >= 11 is 0. The van der Waals surface area contributed by atoms with E-state index in [1.807, 2.05) is 20.8 Å². The molecular weight excluding hydrogens is 222 g/mol. The maximum absolute atomic E-state index is 12.1. The molecule has 0 aromatic rings. The third-order valence-corrected chi connectivity index (χ3v) is 3.09. The molecule has 3 atom stereocenters. The van der Waals surface area contributed by atoms with Crippen LogP contribution >= 0.6 is 0 Å². The van der Waals surface area contributed by atoms with Crippen molar-refractivity contribution < 1.29 is 14.7 Å². The van der Waals surface area contributed by atoms with Crippen LogP contribution < -0.4 is 11.5 Å². The lowest BCUT2D eigenvalue weighted by Crippen LogP contribution is -2.54. The minimum atomic E-state index is -0.745. The molecule has 5 N–H and O–H groups in total. The van der Waals surface area contributed by atoms with E-state index in [1.54, 1.807) is 0 Å². The number of amides is 2. The molecule has 3 unspecified atom stereocenters. The summed E-state index contributed by atoms with van der Waals surface area (Å²) in [7, 11) is 0. The molecule has 1 fully saturated rings. The zero-order valence-electron chi connectivity index (χ0n) is 10.5. The van der Waals surface area contributed by atoms with E-state index in [2.05, 4.69) is 0 Å². The second-order valence-electron chi connectivity index (χ2n) is 5.64. The quantitative estimate of drug-likeness (QED) is 0.566. The Morgan fingerprint density at radius 1 is 1.41 bits per heavy atom. The van der Waals surface area contributed by atoms with E-state index in [1.165, 1.54) is 4.90 Å². The molecule has 6 nitrogen and oxygen atoms in total. The van der Waals surface area contributed by atoms with Gasteiger partial charge in [0.1, 0.15) is 6.04 Å². The lowest BCUT2D eigenvalue weighted by Gasteiger charge is -2.31. The van der Waals surface area contributed by atoms with Crippen molar-refractivity contribution in [1.82, 2.24) is 4.90 Å². The minimum absolute atomic E-state index is 0.121. The largest absolute Gasteiger partial charge is 0.391 e. The molecule has 1 aliphatic heterocycles. The minimum Gasteiger partial charge on any atom is -0.391 e. The van der Waals surface area contributed by atoms with Crippen molar-refractivity contribution in [3.8, 4) is 0 Å². The Balaban J connectivity index is 2.84. The van der Waals surface area contributed by atoms with Crippen LogP contribution in [0.1, 0.15) is 27.2 Å². The molecular formula is C11H21N3O3. The van der Waals surface area contributed by atoms with E-state index in [9.17, 15) is 14.7 Å². The molecule has 2 amide bonds. The number of nitrogens with two attached hydrogens (primary N) is 2. The van der Waals surface area contributed by atoms with Gasteiger partial charge in [-0.05, 0) is 5.41 Å². The van der Waals surface area contributed by atoms with Crippen molar-refractivity contribution in [3.05, 3.63) is 0 Å². The molecule has 17 heavy (non-hydrogen) atoms. The first kappa shape index (κ1) is 13.9. The molecule has 0 spiro atoms. The van der Waals surface area contributed by atoms with Gasteiger partial charge >= 0.3 is 0 Å². The Kier molecular flexibility index (Phi) is 3.78. The molecule has 1 saturated heterocycles. The second kappa shape index (κ2) is 4.62. The number of nitrogens with zero attached hydrogens (tertiary/aromatic N) is 1. The van der Waals surface area contributed by atoms with Crippen LogP contribution in [0.2, 0.25) is 0 Å². The van der Waals surface area contributed by atoms with Gasteiger partial charge in [-0.25, -0.2) is 0 Å². The molecule has 0 aromatic carbocycles. The predicted octanol–water partition coefficient (Wildman–Crippen LogP) is -1.19. The maximum Gasteiger partial charge on any atom is 0.240 e. The number of rotatable bonds is 2. The van der Waals surface area contributed by atoms with Gasteiger partial charge in [-0.1, -0.05) is 20.8 Å². The molecule has 0 bridgehead atoms. The van der Waals surface area contributed by atoms with Crippen molar-refractivity contribution in [2.75, 3.05) is 6.54 Å². The summed E-state index contributed by atoms with van der Waals surface area (Å²) in [4.78, 5) is 24.6. The molecule has 6 heteroatoms. The number of hydrogen-bond donors (Lipinski definition) is 3. The molecule has 1 heterocycles. The molecule has 1 rings (SSSR count). The van der Waals surface area contributed by atoms with Gasteiger partial charge in [-0.3, -0.25) is 9.59 Å². The lowest BCUT2D eigenvalue weighted by molar-refractivity contribution is -0.140. The van der Waals surface area contributed by atoms with Gasteiger partial charge in [0.2, 0.25) is 11.8 Å². The Bertz CT molecular complexity index is 324. The van der Waals surface area contributed by atoms with Gasteiger partial charge in [0.25, 0.3) is 0 Å². The Hall–Kier alpha value is -1.14. The van der Waals surface area contributed by atoms with E-state index < -0.39 is 29.5 Å². The van der Waals surface area contributed by atoms with E-state index in [-0.39, 0.29) is 18.9 Å². The molecule has 0 saturated carbocycles. The second-order valence-corrected chi connectivity index (χ2v) is 5.64. The molecule has 98 valence electrons. The van der Waals surface area contributed by atoms with E-state index in [0.29, 0.717) is 0 Å². The first-order valence-corrected chi connectivity index (χ1v) is 5.68. The van der Waals surface area contributed by atoms with Crippen LogP contribution in [0.3, 0.4) is 0 Å². The predicted molar refractivity (Wildman–Crippen MR) is 62.7 cm³/mol. The van der Waals surface area contributed by atoms with Gasteiger partial charge < -0.3 is 21.5 Å². The van der Waals surface area contributed by atoms with Crippen LogP contribution in [0.15, 0.2) is 0 Å². The van der Waals surface area contributed by atoms with Gasteiger partial charge in [0, 0.05) is 13.0 Å². The highest BCUT2D eigenvalue weighted by Crippen LogP contribution is 2.24. The topological polar surface area (TPSA) is 110 Å². The van der Waals surface area contributed by atoms with Crippen LogP contribution in [-0.2, 0) is 9.59 Å². The first-order chi connectivity index (χ1) is 7.64. The monoisotopic (exact) mass is 243 g/mol. The third kappa shape index (κ3) is 2.95. The summed E-state index contributed by atoms with van der Waals surface area (Å²) < 4.78 is 0. The molecule has 1 aliphatic rings. The van der Waals surface area contributed by atoms with Gasteiger partial charge in [-0.2, -0.15) is 0 Å². The number of carbonyl (C=O) groups is 2. The number of carbonyl (C=O) groups excluding carboxylic acids is 2. The summed E-state index contributed by atoms with van der Waals surface area (Å²) in [5.41, 5.74) is 10.7. The highest BCUT2D eigenvalue weighted by Gasteiger charge is 2.41. The maximum atomic E-state index is 12.1.